The van der Waals surface area contributed by atoms with Crippen molar-refractivity contribution in [1.82, 2.24) is 0 Å². The van der Waals surface area contributed by atoms with Crippen molar-refractivity contribution in [2.45, 2.75) is 44.6 Å². The molecule has 0 rings (SSSR count). The molecule has 0 aliphatic heterocycles. The predicted octanol–water partition coefficient (Wildman–Crippen LogP) is 1.41. The van der Waals surface area contributed by atoms with E-state index in [1.165, 1.54) is 0 Å². The Kier molecular flexibility index (Phi) is 8.31. The first kappa shape index (κ1) is 15.8. The number of alkyl halides is 1. The van der Waals surface area contributed by atoms with Gasteiger partial charge in [-0.3, -0.25) is 14.0 Å². The number of carbonyl (C=O) groups is 2. The Bertz CT molecular complexity index is 248. The molecular weight excluding hydrogens is 229 g/mol. The molecule has 0 radical (unpaired) electrons. The molecule has 0 fully saturated rings. The van der Waals surface area contributed by atoms with Crippen LogP contribution >= 0.6 is 0 Å². The van der Waals surface area contributed by atoms with Crippen molar-refractivity contribution in [3.63, 3.8) is 0 Å². The number of hydrogen-bond donors (Lipinski definition) is 3. The van der Waals surface area contributed by atoms with Crippen LogP contribution < -0.4 is 5.73 Å². The van der Waals surface area contributed by atoms with Gasteiger partial charge < -0.3 is 15.9 Å². The van der Waals surface area contributed by atoms with Gasteiger partial charge in [0.25, 0.3) is 0 Å². The highest BCUT2D eigenvalue weighted by molar-refractivity contribution is 5.75. The van der Waals surface area contributed by atoms with Crippen molar-refractivity contribution in [3.05, 3.63) is 0 Å². The molecule has 0 heterocycles. The molecule has 4 N–H and O–H groups in total. The molecule has 17 heavy (non-hydrogen) atoms. The molecular formula is C11H20FNO4. The van der Waals surface area contributed by atoms with Gasteiger partial charge in [-0.2, -0.15) is 0 Å². The third kappa shape index (κ3) is 7.68. The van der Waals surface area contributed by atoms with Gasteiger partial charge in [0.2, 0.25) is 0 Å². The van der Waals surface area contributed by atoms with E-state index in [4.69, 9.17) is 15.9 Å². The highest BCUT2D eigenvalue weighted by Gasteiger charge is 2.23. The van der Waals surface area contributed by atoms with Crippen molar-refractivity contribution in [3.8, 4) is 0 Å². The average Bonchev–Trinajstić information content (AvgIpc) is 2.26. The molecule has 0 aromatic carbocycles. The summed E-state index contributed by atoms with van der Waals surface area (Å²) in [4.78, 5) is 21.4. The van der Waals surface area contributed by atoms with Crippen molar-refractivity contribution in [2.24, 2.45) is 11.7 Å². The fourth-order valence-corrected chi connectivity index (χ4v) is 1.59. The van der Waals surface area contributed by atoms with Gasteiger partial charge in [0.15, 0.2) is 0 Å². The maximum absolute atomic E-state index is 11.8. The number of aliphatic carboxylic acids is 2. The summed E-state index contributed by atoms with van der Waals surface area (Å²) in [5.74, 6) is -2.94. The molecule has 2 atom stereocenters. The monoisotopic (exact) mass is 249 g/mol. The summed E-state index contributed by atoms with van der Waals surface area (Å²) in [6.45, 7) is -0.355. The van der Waals surface area contributed by atoms with Crippen molar-refractivity contribution in [1.29, 1.82) is 0 Å². The van der Waals surface area contributed by atoms with Crippen molar-refractivity contribution < 1.29 is 24.2 Å². The van der Waals surface area contributed by atoms with Crippen LogP contribution in [-0.4, -0.2) is 34.9 Å². The van der Waals surface area contributed by atoms with E-state index in [1.54, 1.807) is 0 Å². The van der Waals surface area contributed by atoms with Crippen LogP contribution in [0.4, 0.5) is 4.39 Å². The van der Waals surface area contributed by atoms with Gasteiger partial charge in [-0.25, -0.2) is 0 Å². The number of hydrogen-bond acceptors (Lipinski definition) is 3. The van der Waals surface area contributed by atoms with Crippen LogP contribution in [0.1, 0.15) is 38.5 Å². The molecule has 5 nitrogen and oxygen atoms in total. The first-order valence-corrected chi connectivity index (χ1v) is 5.76. The van der Waals surface area contributed by atoms with Gasteiger partial charge in [0.05, 0.1) is 12.6 Å². The van der Waals surface area contributed by atoms with E-state index in [0.717, 1.165) is 12.8 Å². The average molecular weight is 249 g/mol. The maximum atomic E-state index is 11.8. The quantitative estimate of drug-likeness (QED) is 0.508. The lowest BCUT2D eigenvalue weighted by Crippen LogP contribution is -2.34. The van der Waals surface area contributed by atoms with E-state index in [0.29, 0.717) is 19.3 Å². The van der Waals surface area contributed by atoms with Crippen LogP contribution in [0, 0.1) is 5.92 Å². The molecule has 100 valence electrons. The minimum absolute atomic E-state index is 0.0617. The third-order valence-electron chi connectivity index (χ3n) is 2.64. The Hall–Kier alpha value is -1.17. The largest absolute Gasteiger partial charge is 0.481 e. The van der Waals surface area contributed by atoms with E-state index < -0.39 is 23.9 Å². The Morgan fingerprint density at radius 1 is 1.06 bits per heavy atom. The second kappa shape index (κ2) is 8.92. The zero-order chi connectivity index (χ0) is 13.3. The summed E-state index contributed by atoms with van der Waals surface area (Å²) in [6, 6.07) is -1.14. The first-order chi connectivity index (χ1) is 7.99. The summed E-state index contributed by atoms with van der Waals surface area (Å²) in [6.07, 6.45) is 2.97. The third-order valence-corrected chi connectivity index (χ3v) is 2.64. The smallest absolute Gasteiger partial charge is 0.320 e. The summed E-state index contributed by atoms with van der Waals surface area (Å²) < 4.78 is 11.8. The van der Waals surface area contributed by atoms with Gasteiger partial charge in [-0.05, 0) is 19.3 Å². The lowest BCUT2D eigenvalue weighted by atomic mass is 9.94. The number of halogens is 1. The topological polar surface area (TPSA) is 101 Å². The van der Waals surface area contributed by atoms with Gasteiger partial charge in [-0.15, -0.1) is 0 Å². The summed E-state index contributed by atoms with van der Waals surface area (Å²) in [5, 5.41) is 17.5. The minimum atomic E-state index is -1.19. The number of carboxylic acids is 2. The molecule has 0 amide bonds. The Balaban J connectivity index is 3.91. The van der Waals surface area contributed by atoms with Gasteiger partial charge in [0, 0.05) is 0 Å². The van der Waals surface area contributed by atoms with Gasteiger partial charge in [-0.1, -0.05) is 19.3 Å². The maximum Gasteiger partial charge on any atom is 0.320 e. The van der Waals surface area contributed by atoms with Crippen molar-refractivity contribution in [2.75, 3.05) is 6.67 Å². The normalized spacial score (nSPS) is 14.2. The van der Waals surface area contributed by atoms with Crippen LogP contribution in [0.3, 0.4) is 0 Å². The first-order valence-electron chi connectivity index (χ1n) is 5.76. The molecule has 0 aliphatic rings. The number of nitrogens with two attached hydrogens (primary N) is 1. The van der Waals surface area contributed by atoms with Crippen LogP contribution in [0.5, 0.6) is 0 Å². The molecule has 0 bridgehead atoms. The molecule has 0 saturated heterocycles. The molecule has 0 aliphatic carbocycles. The van der Waals surface area contributed by atoms with E-state index in [2.05, 4.69) is 0 Å². The predicted molar refractivity (Wildman–Crippen MR) is 60.4 cm³/mol. The Labute approximate surface area is 99.8 Å². The van der Waals surface area contributed by atoms with E-state index in [-0.39, 0.29) is 13.1 Å². The zero-order valence-corrected chi connectivity index (χ0v) is 9.77. The molecule has 2 unspecified atom stereocenters. The lowest BCUT2D eigenvalue weighted by molar-refractivity contribution is -0.143. The molecule has 0 aromatic heterocycles. The Morgan fingerprint density at radius 2 is 1.65 bits per heavy atom. The van der Waals surface area contributed by atoms with Crippen molar-refractivity contribution >= 4 is 11.9 Å². The van der Waals surface area contributed by atoms with Crippen LogP contribution in [-0.2, 0) is 9.59 Å². The number of rotatable bonds is 10. The zero-order valence-electron chi connectivity index (χ0n) is 9.77. The highest BCUT2D eigenvalue weighted by atomic mass is 19.1. The Morgan fingerprint density at radius 3 is 2.12 bits per heavy atom. The second-order valence-corrected chi connectivity index (χ2v) is 4.11. The van der Waals surface area contributed by atoms with Crippen LogP contribution in [0.25, 0.3) is 0 Å². The van der Waals surface area contributed by atoms with Gasteiger partial charge in [0.1, 0.15) is 6.04 Å². The molecule has 0 aromatic rings. The highest BCUT2D eigenvalue weighted by Crippen LogP contribution is 2.16. The van der Waals surface area contributed by atoms with E-state index in [9.17, 15) is 14.0 Å². The summed E-state index contributed by atoms with van der Waals surface area (Å²) >= 11 is 0. The summed E-state index contributed by atoms with van der Waals surface area (Å²) in [5.41, 5.74) is 5.29. The fraction of sp³-hybridized carbons (Fsp3) is 0.818. The molecule has 0 spiro atoms. The van der Waals surface area contributed by atoms with Crippen LogP contribution in [0.2, 0.25) is 0 Å². The number of unbranched alkanes of at least 4 members (excludes halogenated alkanes) is 3. The standard InChI is InChI=1S/C11H20FNO4/c12-6-4-2-1-3-5-8(10(14)15)7-9(13)11(16)17/h8-9H,1-7,13H2,(H,14,15)(H,16,17)/i12+0. The van der Waals surface area contributed by atoms with E-state index >= 15 is 0 Å². The minimum Gasteiger partial charge on any atom is -0.481 e. The summed E-state index contributed by atoms with van der Waals surface area (Å²) in [7, 11) is 0. The van der Waals surface area contributed by atoms with Gasteiger partial charge >= 0.3 is 11.9 Å². The second-order valence-electron chi connectivity index (χ2n) is 4.11. The molecule has 0 saturated carbocycles. The lowest BCUT2D eigenvalue weighted by Gasteiger charge is -2.14. The van der Waals surface area contributed by atoms with E-state index in [1.807, 2.05) is 0 Å². The number of carboxylic acid groups (broad SMARTS) is 2. The SMILES string of the molecule is NC(CC(CCCCCC[19F])C(=O)O)C(=O)O. The molecule has 6 heteroatoms. The fourth-order valence-electron chi connectivity index (χ4n) is 1.59. The van der Waals surface area contributed by atoms with Crippen LogP contribution in [0.15, 0.2) is 0 Å².